The zero-order valence-corrected chi connectivity index (χ0v) is 14.8. The third-order valence-electron chi connectivity index (χ3n) is 2.51. The van der Waals surface area contributed by atoms with Crippen molar-refractivity contribution in [1.82, 2.24) is 4.57 Å². The van der Waals surface area contributed by atoms with Crippen LogP contribution in [0.3, 0.4) is 0 Å². The predicted octanol–water partition coefficient (Wildman–Crippen LogP) is 2.64. The molecule has 0 aliphatic rings. The van der Waals surface area contributed by atoms with Gasteiger partial charge in [0.1, 0.15) is 5.75 Å². The molecular formula is C13H11INO2Y-. The first-order valence-electron chi connectivity index (χ1n) is 5.24. The third kappa shape index (κ3) is 3.22. The number of pyridine rings is 1. The minimum absolute atomic E-state index is 0. The molecule has 1 aromatic carbocycles. The van der Waals surface area contributed by atoms with Crippen molar-refractivity contribution >= 4 is 22.6 Å². The van der Waals surface area contributed by atoms with E-state index in [1.165, 1.54) is 0 Å². The van der Waals surface area contributed by atoms with Crippen LogP contribution in [0.1, 0.15) is 6.92 Å². The van der Waals surface area contributed by atoms with Gasteiger partial charge in [0.15, 0.2) is 0 Å². The van der Waals surface area contributed by atoms with Crippen molar-refractivity contribution in [1.29, 1.82) is 0 Å². The van der Waals surface area contributed by atoms with E-state index in [-0.39, 0.29) is 44.0 Å². The summed E-state index contributed by atoms with van der Waals surface area (Å²) in [5, 5.41) is 9.25. The van der Waals surface area contributed by atoms with Crippen LogP contribution in [-0.4, -0.2) is 9.67 Å². The summed E-state index contributed by atoms with van der Waals surface area (Å²) in [6, 6.07) is 11.6. The molecule has 91 valence electrons. The van der Waals surface area contributed by atoms with E-state index in [1.807, 2.05) is 29.5 Å². The molecule has 1 aromatic heterocycles. The Morgan fingerprint density at radius 1 is 1.33 bits per heavy atom. The van der Waals surface area contributed by atoms with Crippen molar-refractivity contribution in [3.8, 4) is 17.0 Å². The normalized spacial score (nSPS) is 9.89. The summed E-state index contributed by atoms with van der Waals surface area (Å²) in [6.45, 7) is 2.53. The minimum Gasteiger partial charge on any atom is -0.508 e. The topological polar surface area (TPSA) is 42.2 Å². The number of halogens is 1. The monoisotopic (exact) mass is 429 g/mol. The van der Waals surface area contributed by atoms with Gasteiger partial charge in [-0.15, -0.1) is 34.7 Å². The molecule has 0 spiro atoms. The molecule has 0 saturated heterocycles. The van der Waals surface area contributed by atoms with Gasteiger partial charge < -0.3 is 9.67 Å². The van der Waals surface area contributed by atoms with E-state index < -0.39 is 0 Å². The first-order chi connectivity index (χ1) is 8.13. The Labute approximate surface area is 144 Å². The summed E-state index contributed by atoms with van der Waals surface area (Å²) >= 11 is 2.01. The summed E-state index contributed by atoms with van der Waals surface area (Å²) < 4.78 is 2.33. The van der Waals surface area contributed by atoms with Gasteiger partial charge in [-0.3, -0.25) is 4.79 Å². The van der Waals surface area contributed by atoms with Gasteiger partial charge in [0.2, 0.25) is 5.56 Å². The van der Waals surface area contributed by atoms with Crippen LogP contribution in [0, 0.1) is 9.64 Å². The van der Waals surface area contributed by atoms with E-state index in [9.17, 15) is 9.90 Å². The van der Waals surface area contributed by atoms with Crippen molar-refractivity contribution in [2.75, 3.05) is 0 Å². The number of hydrogen-bond acceptors (Lipinski definition) is 2. The third-order valence-corrected chi connectivity index (χ3v) is 3.28. The fourth-order valence-electron chi connectivity index (χ4n) is 1.66. The van der Waals surface area contributed by atoms with Crippen LogP contribution in [0.5, 0.6) is 5.75 Å². The van der Waals surface area contributed by atoms with Gasteiger partial charge in [-0.1, -0.05) is 11.3 Å². The van der Waals surface area contributed by atoms with Crippen molar-refractivity contribution in [2.24, 2.45) is 0 Å². The Morgan fingerprint density at radius 3 is 2.50 bits per heavy atom. The Balaban J connectivity index is 0.00000162. The molecular weight excluding hydrogens is 418 g/mol. The number of benzene rings is 1. The number of phenols is 1. The van der Waals surface area contributed by atoms with Crippen LogP contribution in [0.2, 0.25) is 0 Å². The molecule has 1 N–H and O–H groups in total. The second kappa shape index (κ2) is 6.82. The quantitative estimate of drug-likeness (QED) is 0.590. The minimum atomic E-state index is -0.00470. The van der Waals surface area contributed by atoms with E-state index in [1.54, 1.807) is 34.9 Å². The Kier molecular flexibility index (Phi) is 6.01. The summed E-state index contributed by atoms with van der Waals surface area (Å²) in [7, 11) is 0. The molecule has 2 aromatic rings. The number of rotatable bonds is 2. The van der Waals surface area contributed by atoms with Gasteiger partial charge >= 0.3 is 0 Å². The summed E-state index contributed by atoms with van der Waals surface area (Å²) in [5.41, 5.74) is 1.62. The molecule has 0 fully saturated rings. The molecule has 0 saturated carbocycles. The average molecular weight is 429 g/mol. The van der Waals surface area contributed by atoms with Crippen LogP contribution in [-0.2, 0) is 39.3 Å². The molecule has 0 amide bonds. The molecule has 0 aliphatic carbocycles. The Morgan fingerprint density at radius 2 is 1.94 bits per heavy atom. The maximum Gasteiger partial charge on any atom is 0.207 e. The maximum atomic E-state index is 11.9. The van der Waals surface area contributed by atoms with Crippen LogP contribution in [0.15, 0.2) is 35.1 Å². The summed E-state index contributed by atoms with van der Waals surface area (Å²) in [4.78, 5) is 11.9. The van der Waals surface area contributed by atoms with E-state index in [2.05, 4.69) is 6.07 Å². The van der Waals surface area contributed by atoms with E-state index in [0.29, 0.717) is 10.1 Å². The van der Waals surface area contributed by atoms with Gasteiger partial charge in [-0.2, -0.15) is 12.1 Å². The van der Waals surface area contributed by atoms with Gasteiger partial charge in [0, 0.05) is 39.3 Å². The maximum absolute atomic E-state index is 11.9. The van der Waals surface area contributed by atoms with Crippen LogP contribution >= 0.6 is 22.6 Å². The first kappa shape index (κ1) is 15.9. The van der Waals surface area contributed by atoms with E-state index in [4.69, 9.17) is 0 Å². The second-order valence-corrected chi connectivity index (χ2v) is 4.74. The number of nitrogens with zero attached hydrogens (tertiary/aromatic N) is 1. The smallest absolute Gasteiger partial charge is 0.207 e. The predicted molar refractivity (Wildman–Crippen MR) is 75.0 cm³/mol. The first-order valence-corrected chi connectivity index (χ1v) is 6.31. The fourth-order valence-corrected chi connectivity index (χ4v) is 2.11. The molecule has 0 aliphatic heterocycles. The molecule has 0 atom stereocenters. The summed E-state index contributed by atoms with van der Waals surface area (Å²) in [6.07, 6.45) is 0. The Hall–Kier alpha value is -0.196. The van der Waals surface area contributed by atoms with Gasteiger partial charge in [-0.05, 0) is 22.6 Å². The van der Waals surface area contributed by atoms with Crippen LogP contribution < -0.4 is 5.56 Å². The SMILES string of the molecule is CCn1c(-c2ccc(O)cc2)[c-]cc(I)c1=O.[Y]. The molecule has 3 nitrogen and oxygen atoms in total. The van der Waals surface area contributed by atoms with Gasteiger partial charge in [0.05, 0.1) is 0 Å². The molecule has 18 heavy (non-hydrogen) atoms. The molecule has 2 rings (SSSR count). The van der Waals surface area contributed by atoms with Crippen LogP contribution in [0.25, 0.3) is 11.3 Å². The van der Waals surface area contributed by atoms with Gasteiger partial charge in [0.25, 0.3) is 0 Å². The van der Waals surface area contributed by atoms with Crippen LogP contribution in [0.4, 0.5) is 0 Å². The largest absolute Gasteiger partial charge is 0.508 e. The zero-order chi connectivity index (χ0) is 12.4. The zero-order valence-electron chi connectivity index (χ0n) is 9.85. The van der Waals surface area contributed by atoms with Gasteiger partial charge in [-0.25, -0.2) is 0 Å². The average Bonchev–Trinajstić information content (AvgIpc) is 2.34. The number of hydrogen-bond donors (Lipinski definition) is 1. The number of phenolic OH excluding ortho intramolecular Hbond substituents is 1. The molecule has 0 bridgehead atoms. The number of aromatic hydroxyl groups is 1. The summed E-state index contributed by atoms with van der Waals surface area (Å²) in [5.74, 6) is 0.213. The van der Waals surface area contributed by atoms with Crippen molar-refractivity contribution in [3.63, 3.8) is 0 Å². The molecule has 0 unspecified atom stereocenters. The van der Waals surface area contributed by atoms with E-state index in [0.717, 1.165) is 11.3 Å². The fraction of sp³-hybridized carbons (Fsp3) is 0.154. The number of aromatic nitrogens is 1. The van der Waals surface area contributed by atoms with E-state index >= 15 is 0 Å². The molecule has 1 heterocycles. The standard InChI is InChI=1S/C13H11INO2.Y/c1-2-15-12(8-7-11(14)13(15)17)9-3-5-10(16)6-4-9;/h3-7,16H,2H2,1H3;/q-1;. The molecule has 5 heteroatoms. The van der Waals surface area contributed by atoms with Crippen molar-refractivity contribution in [2.45, 2.75) is 13.5 Å². The second-order valence-electron chi connectivity index (χ2n) is 3.58. The van der Waals surface area contributed by atoms with Crippen molar-refractivity contribution in [3.05, 3.63) is 50.3 Å². The Bertz CT molecular complexity index is 593. The molecule has 1 radical (unpaired) electrons. The van der Waals surface area contributed by atoms with Crippen molar-refractivity contribution < 1.29 is 37.8 Å².